The third-order valence-electron chi connectivity index (χ3n) is 2.02. The van der Waals surface area contributed by atoms with E-state index in [9.17, 15) is 10.1 Å². The molecule has 0 aliphatic heterocycles. The van der Waals surface area contributed by atoms with E-state index in [1.54, 1.807) is 6.07 Å². The molecule has 1 heterocycles. The summed E-state index contributed by atoms with van der Waals surface area (Å²) in [5.74, 6) is 0.556. The first-order chi connectivity index (χ1) is 7.13. The predicted octanol–water partition coefficient (Wildman–Crippen LogP) is 3.11. The number of nitrogens with zero attached hydrogens (tertiary/aromatic N) is 1. The zero-order valence-electron chi connectivity index (χ0n) is 7.69. The highest BCUT2D eigenvalue weighted by Crippen LogP contribution is 2.35. The molecule has 0 saturated heterocycles. The van der Waals surface area contributed by atoms with Crippen LogP contribution in [0.2, 0.25) is 0 Å². The van der Waals surface area contributed by atoms with E-state index in [4.69, 9.17) is 9.15 Å². The van der Waals surface area contributed by atoms with Crippen molar-refractivity contribution in [1.29, 1.82) is 0 Å². The number of ether oxygens (including phenoxy) is 1. The number of rotatable bonds is 2. The first kappa shape index (κ1) is 9.97. The topological polar surface area (TPSA) is 65.5 Å². The predicted molar refractivity (Wildman–Crippen MR) is 57.1 cm³/mol. The van der Waals surface area contributed by atoms with Gasteiger partial charge in [-0.15, -0.1) is 0 Å². The standard InChI is InChI=1S/C9H6BrNO4/c1-14-9-4-15-8-3-7(11(12)13)6(10)2-5(8)9/h2-4H,1H3. The second-order valence-corrected chi connectivity index (χ2v) is 3.72. The van der Waals surface area contributed by atoms with Crippen molar-refractivity contribution in [3.8, 4) is 5.75 Å². The summed E-state index contributed by atoms with van der Waals surface area (Å²) in [7, 11) is 1.51. The summed E-state index contributed by atoms with van der Waals surface area (Å²) in [6, 6.07) is 2.97. The van der Waals surface area contributed by atoms with E-state index in [0.29, 0.717) is 21.2 Å². The van der Waals surface area contributed by atoms with Gasteiger partial charge in [-0.2, -0.15) is 0 Å². The largest absolute Gasteiger partial charge is 0.493 e. The monoisotopic (exact) mass is 271 g/mol. The maximum absolute atomic E-state index is 10.6. The zero-order valence-corrected chi connectivity index (χ0v) is 9.28. The third kappa shape index (κ3) is 1.56. The number of benzene rings is 1. The van der Waals surface area contributed by atoms with Gasteiger partial charge in [-0.1, -0.05) is 0 Å². The van der Waals surface area contributed by atoms with Crippen LogP contribution < -0.4 is 4.74 Å². The van der Waals surface area contributed by atoms with Gasteiger partial charge in [-0.25, -0.2) is 0 Å². The Balaban J connectivity index is 2.72. The molecule has 6 heteroatoms. The van der Waals surface area contributed by atoms with Crippen molar-refractivity contribution in [2.45, 2.75) is 0 Å². The van der Waals surface area contributed by atoms with Crippen molar-refractivity contribution in [1.82, 2.24) is 0 Å². The van der Waals surface area contributed by atoms with Gasteiger partial charge in [0.15, 0.2) is 5.75 Å². The van der Waals surface area contributed by atoms with Gasteiger partial charge >= 0.3 is 0 Å². The number of halogens is 1. The van der Waals surface area contributed by atoms with E-state index in [-0.39, 0.29) is 5.69 Å². The fourth-order valence-electron chi connectivity index (χ4n) is 1.31. The number of nitro benzene ring substituents is 1. The average molecular weight is 272 g/mol. The Morgan fingerprint density at radius 3 is 2.87 bits per heavy atom. The first-order valence-electron chi connectivity index (χ1n) is 4.02. The maximum Gasteiger partial charge on any atom is 0.287 e. The molecule has 2 aromatic rings. The molecule has 1 aromatic carbocycles. The summed E-state index contributed by atoms with van der Waals surface area (Å²) in [6.07, 6.45) is 1.42. The number of hydrogen-bond acceptors (Lipinski definition) is 4. The Morgan fingerprint density at radius 2 is 2.27 bits per heavy atom. The van der Waals surface area contributed by atoms with Crippen LogP contribution in [-0.2, 0) is 0 Å². The molecule has 2 rings (SSSR count). The van der Waals surface area contributed by atoms with Crippen molar-refractivity contribution in [3.05, 3.63) is 33.0 Å². The molecule has 0 aliphatic carbocycles. The van der Waals surface area contributed by atoms with Crippen LogP contribution in [0.1, 0.15) is 0 Å². The van der Waals surface area contributed by atoms with Gasteiger partial charge in [0.25, 0.3) is 5.69 Å². The molecule has 0 bridgehead atoms. The quantitative estimate of drug-likeness (QED) is 0.622. The summed E-state index contributed by atoms with van der Waals surface area (Å²) >= 11 is 3.13. The number of furan rings is 1. The van der Waals surface area contributed by atoms with Gasteiger partial charge in [-0.05, 0) is 22.0 Å². The molecule has 1 aromatic heterocycles. The van der Waals surface area contributed by atoms with Crippen LogP contribution in [0.15, 0.2) is 27.3 Å². The van der Waals surface area contributed by atoms with Gasteiger partial charge in [0.1, 0.15) is 11.8 Å². The fraction of sp³-hybridized carbons (Fsp3) is 0.111. The van der Waals surface area contributed by atoms with Crippen LogP contribution in [0.4, 0.5) is 5.69 Å². The Hall–Kier alpha value is -1.56. The molecule has 0 unspecified atom stereocenters. The van der Waals surface area contributed by atoms with Gasteiger partial charge in [0.05, 0.1) is 28.0 Å². The van der Waals surface area contributed by atoms with E-state index >= 15 is 0 Å². The van der Waals surface area contributed by atoms with Crippen LogP contribution in [0.3, 0.4) is 0 Å². The van der Waals surface area contributed by atoms with E-state index in [1.165, 1.54) is 19.4 Å². The highest BCUT2D eigenvalue weighted by molar-refractivity contribution is 9.10. The van der Waals surface area contributed by atoms with Crippen LogP contribution in [0, 0.1) is 10.1 Å². The summed E-state index contributed by atoms with van der Waals surface area (Å²) in [4.78, 5) is 10.2. The summed E-state index contributed by atoms with van der Waals surface area (Å²) < 4.78 is 10.6. The van der Waals surface area contributed by atoms with Gasteiger partial charge in [0, 0.05) is 0 Å². The molecule has 0 fully saturated rings. The van der Waals surface area contributed by atoms with Gasteiger partial charge in [0.2, 0.25) is 0 Å². The minimum absolute atomic E-state index is 0.0282. The minimum Gasteiger partial charge on any atom is -0.493 e. The van der Waals surface area contributed by atoms with E-state index < -0.39 is 4.92 Å². The van der Waals surface area contributed by atoms with E-state index in [2.05, 4.69) is 15.9 Å². The lowest BCUT2D eigenvalue weighted by Crippen LogP contribution is -1.89. The smallest absolute Gasteiger partial charge is 0.287 e. The van der Waals surface area contributed by atoms with Gasteiger partial charge < -0.3 is 9.15 Å². The van der Waals surface area contributed by atoms with Crippen molar-refractivity contribution in [2.75, 3.05) is 7.11 Å². The first-order valence-corrected chi connectivity index (χ1v) is 4.82. The lowest BCUT2D eigenvalue weighted by atomic mass is 10.2. The number of methoxy groups -OCH3 is 1. The second-order valence-electron chi connectivity index (χ2n) is 2.86. The van der Waals surface area contributed by atoms with Gasteiger partial charge in [-0.3, -0.25) is 10.1 Å². The van der Waals surface area contributed by atoms with Crippen molar-refractivity contribution in [2.24, 2.45) is 0 Å². The van der Waals surface area contributed by atoms with Crippen LogP contribution in [0.25, 0.3) is 11.0 Å². The zero-order chi connectivity index (χ0) is 11.0. The summed E-state index contributed by atoms with van der Waals surface area (Å²) in [6.45, 7) is 0. The molecular formula is C9H6BrNO4. The van der Waals surface area contributed by atoms with Crippen LogP contribution in [0.5, 0.6) is 5.75 Å². The molecule has 0 aliphatic rings. The van der Waals surface area contributed by atoms with Crippen LogP contribution in [-0.4, -0.2) is 12.0 Å². The molecule has 0 spiro atoms. The number of fused-ring (bicyclic) bond motifs is 1. The SMILES string of the molecule is COc1coc2cc([N+](=O)[O-])c(Br)cc12. The molecule has 0 atom stereocenters. The van der Waals surface area contributed by atoms with E-state index in [1.807, 2.05) is 0 Å². The molecule has 0 radical (unpaired) electrons. The fourth-order valence-corrected chi connectivity index (χ4v) is 1.80. The summed E-state index contributed by atoms with van der Waals surface area (Å²) in [5, 5.41) is 11.3. The number of nitro groups is 1. The highest BCUT2D eigenvalue weighted by atomic mass is 79.9. The average Bonchev–Trinajstić information content (AvgIpc) is 2.58. The molecule has 5 nitrogen and oxygen atoms in total. The Kier molecular flexibility index (Phi) is 2.36. The third-order valence-corrected chi connectivity index (χ3v) is 2.66. The Morgan fingerprint density at radius 1 is 1.53 bits per heavy atom. The maximum atomic E-state index is 10.6. The summed E-state index contributed by atoms with van der Waals surface area (Å²) in [5.41, 5.74) is 0.404. The molecular weight excluding hydrogens is 266 g/mol. The van der Waals surface area contributed by atoms with Crippen molar-refractivity contribution in [3.63, 3.8) is 0 Å². The van der Waals surface area contributed by atoms with E-state index in [0.717, 1.165) is 0 Å². The van der Waals surface area contributed by atoms with Crippen molar-refractivity contribution >= 4 is 32.6 Å². The lowest BCUT2D eigenvalue weighted by molar-refractivity contribution is -0.385. The number of hydrogen-bond donors (Lipinski definition) is 0. The van der Waals surface area contributed by atoms with Crippen LogP contribution >= 0.6 is 15.9 Å². The highest BCUT2D eigenvalue weighted by Gasteiger charge is 2.16. The molecule has 0 N–H and O–H groups in total. The lowest BCUT2D eigenvalue weighted by Gasteiger charge is -1.97. The molecule has 15 heavy (non-hydrogen) atoms. The second kappa shape index (κ2) is 3.54. The van der Waals surface area contributed by atoms with Crippen molar-refractivity contribution < 1.29 is 14.1 Å². The molecule has 78 valence electrons. The normalized spacial score (nSPS) is 10.5. The molecule has 0 saturated carbocycles. The molecule has 0 amide bonds. The Labute approximate surface area is 92.9 Å². The minimum atomic E-state index is -0.474. The Bertz CT molecular complexity index is 534.